The van der Waals surface area contributed by atoms with Gasteiger partial charge in [0.1, 0.15) is 10.8 Å². The van der Waals surface area contributed by atoms with Gasteiger partial charge in [-0.1, -0.05) is 11.6 Å². The van der Waals surface area contributed by atoms with Crippen LogP contribution in [-0.2, 0) is 12.8 Å². The topological polar surface area (TPSA) is 54.6 Å². The highest BCUT2D eigenvalue weighted by Gasteiger charge is 2.27. The molecule has 4 rings (SSSR count). The Morgan fingerprint density at radius 3 is 2.76 bits per heavy atom. The predicted octanol–water partition coefficient (Wildman–Crippen LogP) is 6.28. The molecule has 150 valence electrons. The van der Waals surface area contributed by atoms with Crippen LogP contribution in [0, 0.1) is 19.7 Å². The molecule has 0 aliphatic heterocycles. The molecule has 0 saturated heterocycles. The van der Waals surface area contributed by atoms with Crippen LogP contribution in [0.3, 0.4) is 0 Å². The monoisotopic (exact) mass is 430 g/mol. The van der Waals surface area contributed by atoms with Crippen LogP contribution in [0.1, 0.15) is 50.6 Å². The van der Waals surface area contributed by atoms with Crippen LogP contribution in [0.15, 0.2) is 29.3 Å². The fourth-order valence-electron chi connectivity index (χ4n) is 3.87. The first-order valence-electron chi connectivity index (χ1n) is 9.43. The molecular weight excluding hydrogens is 411 g/mol. The number of aromatic carboxylic acids is 1. The van der Waals surface area contributed by atoms with E-state index >= 15 is 0 Å². The van der Waals surface area contributed by atoms with Crippen molar-refractivity contribution in [1.29, 1.82) is 0 Å². The summed E-state index contributed by atoms with van der Waals surface area (Å²) >= 11 is 7.41. The molecule has 1 N–H and O–H groups in total. The fraction of sp³-hybridized carbons (Fsp3) is 0.273. The number of thiophene rings is 1. The summed E-state index contributed by atoms with van der Waals surface area (Å²) in [5.41, 5.74) is 4.72. The second-order valence-electron chi connectivity index (χ2n) is 7.21. The van der Waals surface area contributed by atoms with E-state index in [0.717, 1.165) is 53.2 Å². The summed E-state index contributed by atoms with van der Waals surface area (Å²) < 4.78 is 15.3. The highest BCUT2D eigenvalue weighted by atomic mass is 35.5. The van der Waals surface area contributed by atoms with Crippen molar-refractivity contribution in [2.75, 3.05) is 0 Å². The van der Waals surface area contributed by atoms with Crippen molar-refractivity contribution in [1.82, 2.24) is 4.57 Å². The second-order valence-corrected chi connectivity index (χ2v) is 8.71. The van der Waals surface area contributed by atoms with Crippen molar-refractivity contribution >= 4 is 40.8 Å². The van der Waals surface area contributed by atoms with Gasteiger partial charge < -0.3 is 9.67 Å². The van der Waals surface area contributed by atoms with Crippen molar-refractivity contribution < 1.29 is 14.3 Å². The largest absolute Gasteiger partial charge is 0.478 e. The number of hydrogen-bond donors (Lipinski definition) is 1. The lowest BCUT2D eigenvalue weighted by molar-refractivity contribution is 0.0696. The third-order valence-electron chi connectivity index (χ3n) is 5.30. The molecule has 1 aromatic carbocycles. The first-order valence-corrected chi connectivity index (χ1v) is 10.6. The van der Waals surface area contributed by atoms with Crippen LogP contribution in [0.5, 0.6) is 0 Å². The molecule has 0 bridgehead atoms. The van der Waals surface area contributed by atoms with Gasteiger partial charge in [0.15, 0.2) is 0 Å². The Hall–Kier alpha value is -2.44. The normalized spacial score (nSPS) is 13.8. The van der Waals surface area contributed by atoms with Crippen LogP contribution in [-0.4, -0.2) is 21.9 Å². The number of rotatable bonds is 4. The van der Waals surface area contributed by atoms with E-state index in [9.17, 15) is 14.3 Å². The Balaban J connectivity index is 1.77. The zero-order chi connectivity index (χ0) is 20.7. The maximum Gasteiger partial charge on any atom is 0.339 e. The van der Waals surface area contributed by atoms with E-state index in [-0.39, 0.29) is 5.02 Å². The van der Waals surface area contributed by atoms with Gasteiger partial charge in [-0.2, -0.15) is 0 Å². The molecule has 7 heteroatoms. The number of nitrogens with zero attached hydrogens (tertiary/aromatic N) is 2. The highest BCUT2D eigenvalue weighted by molar-refractivity contribution is 7.15. The summed E-state index contributed by atoms with van der Waals surface area (Å²) in [6.45, 7) is 3.92. The van der Waals surface area contributed by atoms with E-state index in [1.54, 1.807) is 23.6 Å². The van der Waals surface area contributed by atoms with E-state index in [0.29, 0.717) is 11.3 Å². The molecule has 0 amide bonds. The van der Waals surface area contributed by atoms with Gasteiger partial charge >= 0.3 is 5.97 Å². The van der Waals surface area contributed by atoms with Crippen molar-refractivity contribution in [2.24, 2.45) is 4.99 Å². The van der Waals surface area contributed by atoms with E-state index in [4.69, 9.17) is 11.6 Å². The van der Waals surface area contributed by atoms with E-state index < -0.39 is 11.8 Å². The number of carbonyl (C=O) groups is 1. The molecule has 0 radical (unpaired) electrons. The van der Waals surface area contributed by atoms with Crippen LogP contribution >= 0.6 is 22.9 Å². The van der Waals surface area contributed by atoms with Crippen LogP contribution < -0.4 is 0 Å². The zero-order valence-electron chi connectivity index (χ0n) is 16.1. The summed E-state index contributed by atoms with van der Waals surface area (Å²) in [6.07, 6.45) is 5.61. The minimum atomic E-state index is -0.872. The average Bonchev–Trinajstić information content (AvgIpc) is 3.19. The third kappa shape index (κ3) is 3.63. The Labute approximate surface area is 177 Å². The highest BCUT2D eigenvalue weighted by Crippen LogP contribution is 2.38. The fourth-order valence-corrected chi connectivity index (χ4v) is 5.54. The number of carboxylic acids is 1. The quantitative estimate of drug-likeness (QED) is 0.495. The molecule has 29 heavy (non-hydrogen) atoms. The molecule has 2 aromatic heterocycles. The van der Waals surface area contributed by atoms with Crippen LogP contribution in [0.25, 0.3) is 5.00 Å². The smallest absolute Gasteiger partial charge is 0.339 e. The van der Waals surface area contributed by atoms with E-state index in [2.05, 4.69) is 4.99 Å². The summed E-state index contributed by atoms with van der Waals surface area (Å²) in [7, 11) is 0. The molecule has 1 aliphatic rings. The molecule has 3 aromatic rings. The second kappa shape index (κ2) is 7.76. The number of aromatic nitrogens is 1. The van der Waals surface area contributed by atoms with Gasteiger partial charge in [-0.15, -0.1) is 11.3 Å². The van der Waals surface area contributed by atoms with Gasteiger partial charge in [-0.3, -0.25) is 4.99 Å². The minimum Gasteiger partial charge on any atom is -0.478 e. The summed E-state index contributed by atoms with van der Waals surface area (Å²) in [5.74, 6) is -1.35. The van der Waals surface area contributed by atoms with Crippen LogP contribution in [0.2, 0.25) is 5.02 Å². The number of carboxylic acid groups (broad SMARTS) is 1. The minimum absolute atomic E-state index is 0.0281. The number of benzene rings is 1. The predicted molar refractivity (Wildman–Crippen MR) is 115 cm³/mol. The maximum atomic E-state index is 13.3. The number of hydrogen-bond acceptors (Lipinski definition) is 3. The summed E-state index contributed by atoms with van der Waals surface area (Å²) in [5, 5.41) is 10.7. The van der Waals surface area contributed by atoms with Crippen molar-refractivity contribution in [3.8, 4) is 5.00 Å². The lowest BCUT2D eigenvalue weighted by atomic mass is 9.95. The molecule has 0 spiro atoms. The molecule has 0 unspecified atom stereocenters. The van der Waals surface area contributed by atoms with Gasteiger partial charge in [-0.25, -0.2) is 9.18 Å². The van der Waals surface area contributed by atoms with Crippen molar-refractivity contribution in [3.05, 3.63) is 68.1 Å². The van der Waals surface area contributed by atoms with E-state index in [1.165, 1.54) is 17.0 Å². The van der Waals surface area contributed by atoms with Crippen LogP contribution in [0.4, 0.5) is 10.1 Å². The molecular formula is C22H20ClFN2O2S. The lowest BCUT2D eigenvalue weighted by Gasteiger charge is -2.11. The van der Waals surface area contributed by atoms with Gasteiger partial charge in [0, 0.05) is 28.0 Å². The molecule has 2 heterocycles. The molecule has 1 aliphatic carbocycles. The molecule has 0 atom stereocenters. The Bertz CT molecular complexity index is 1150. The van der Waals surface area contributed by atoms with E-state index in [1.807, 2.05) is 24.5 Å². The summed E-state index contributed by atoms with van der Waals surface area (Å²) in [6, 6.07) is 6.30. The number of aliphatic imine (C=N–C) groups is 1. The number of aryl methyl sites for hydroxylation is 2. The molecule has 4 nitrogen and oxygen atoms in total. The standard InChI is InChI=1S/C22H20ClFN2O2S/c1-12-9-14(11-25-15-7-8-18(24)17(23)10-15)13(2)26(12)21-20(22(27)28)16-5-3-4-6-19(16)29-21/h7-11H,3-6H2,1-2H3,(H,27,28). The Kier molecular flexibility index (Phi) is 5.32. The third-order valence-corrected chi connectivity index (χ3v) is 6.86. The summed E-state index contributed by atoms with van der Waals surface area (Å²) in [4.78, 5) is 17.6. The van der Waals surface area contributed by atoms with Gasteiger partial charge in [-0.05, 0) is 69.4 Å². The Morgan fingerprint density at radius 2 is 2.03 bits per heavy atom. The lowest BCUT2D eigenvalue weighted by Crippen LogP contribution is -2.09. The van der Waals surface area contributed by atoms with Gasteiger partial charge in [0.2, 0.25) is 0 Å². The number of fused-ring (bicyclic) bond motifs is 1. The zero-order valence-corrected chi connectivity index (χ0v) is 17.7. The molecule has 0 saturated carbocycles. The maximum absolute atomic E-state index is 13.3. The average molecular weight is 431 g/mol. The van der Waals surface area contributed by atoms with Crippen molar-refractivity contribution in [2.45, 2.75) is 39.5 Å². The first-order chi connectivity index (χ1) is 13.9. The number of halogens is 2. The van der Waals surface area contributed by atoms with Gasteiger partial charge in [0.25, 0.3) is 0 Å². The van der Waals surface area contributed by atoms with Crippen molar-refractivity contribution in [3.63, 3.8) is 0 Å². The SMILES string of the molecule is Cc1cc(C=Nc2ccc(F)c(Cl)c2)c(C)n1-c1sc2c(c1C(=O)O)CCCC2. The van der Waals surface area contributed by atoms with Gasteiger partial charge in [0.05, 0.1) is 16.3 Å². The molecule has 0 fully saturated rings. The first kappa shape index (κ1) is 19.9. The Morgan fingerprint density at radius 1 is 1.28 bits per heavy atom.